The molecule has 2 N–H and O–H groups in total. The predicted octanol–water partition coefficient (Wildman–Crippen LogP) is 3.70. The Labute approximate surface area is 225 Å². The molecule has 2 unspecified atom stereocenters. The van der Waals surface area contributed by atoms with Gasteiger partial charge in [0, 0.05) is 25.1 Å². The number of nitrogens with one attached hydrogen (secondary N) is 1. The van der Waals surface area contributed by atoms with Crippen LogP contribution in [-0.2, 0) is 15.8 Å². The second kappa shape index (κ2) is 11.1. The van der Waals surface area contributed by atoms with Crippen LogP contribution < -0.4 is 10.1 Å². The first-order chi connectivity index (χ1) is 18.3. The van der Waals surface area contributed by atoms with Gasteiger partial charge in [0.25, 0.3) is 0 Å². The van der Waals surface area contributed by atoms with E-state index in [1.165, 1.54) is 17.0 Å². The van der Waals surface area contributed by atoms with Gasteiger partial charge < -0.3 is 20.1 Å². The summed E-state index contributed by atoms with van der Waals surface area (Å²) in [6, 6.07) is 2.94. The highest BCUT2D eigenvalue weighted by Crippen LogP contribution is 2.40. The molecule has 0 spiro atoms. The Bertz CT molecular complexity index is 1170. The topological polar surface area (TPSA) is 110 Å². The van der Waals surface area contributed by atoms with Crippen LogP contribution in [0.3, 0.4) is 0 Å². The van der Waals surface area contributed by atoms with Gasteiger partial charge in [0.15, 0.2) is 0 Å². The van der Waals surface area contributed by atoms with Crippen molar-refractivity contribution in [3.63, 3.8) is 0 Å². The molecule has 1 aliphatic heterocycles. The summed E-state index contributed by atoms with van der Waals surface area (Å²) in [7, 11) is 0. The molecule has 1 aliphatic carbocycles. The van der Waals surface area contributed by atoms with Crippen molar-refractivity contribution < 1.29 is 32.6 Å². The van der Waals surface area contributed by atoms with Crippen LogP contribution in [0.25, 0.3) is 0 Å². The summed E-state index contributed by atoms with van der Waals surface area (Å²) in [5, 5.41) is 21.6. The van der Waals surface area contributed by atoms with Gasteiger partial charge in [-0.1, -0.05) is 39.0 Å². The Morgan fingerprint density at radius 1 is 1.23 bits per heavy atom. The summed E-state index contributed by atoms with van der Waals surface area (Å²) in [5.41, 5.74) is -0.524. The number of ether oxygens (including phenoxy) is 1. The standard InChI is InChI=1S/C27H36F3N5O4/c1-5-19(39-20-8-6-7-17(11-20)27(28,29)30)13-31-24(37)22-12-18(36)14-34(22)25(38)23(26(2,3)4)35-15-21(32-33-35)16-9-10-16/h6-8,11,15-16,18-19,22-23,36H,5,9-10,12-14H2,1-4H3,(H,31,37)/t18-,19?,22+,23?/m1/s1. The Morgan fingerprint density at radius 3 is 2.56 bits per heavy atom. The lowest BCUT2D eigenvalue weighted by Gasteiger charge is -2.34. The second-order valence-electron chi connectivity index (χ2n) is 11.5. The molecule has 2 heterocycles. The average molecular weight is 552 g/mol. The number of aliphatic hydroxyl groups excluding tert-OH is 1. The highest BCUT2D eigenvalue weighted by atomic mass is 19.4. The van der Waals surface area contributed by atoms with Gasteiger partial charge in [-0.3, -0.25) is 9.59 Å². The number of alkyl halides is 3. The van der Waals surface area contributed by atoms with Crippen molar-refractivity contribution in [2.24, 2.45) is 5.41 Å². The molecule has 214 valence electrons. The van der Waals surface area contributed by atoms with Gasteiger partial charge in [0.05, 0.1) is 23.9 Å². The van der Waals surface area contributed by atoms with E-state index in [4.69, 9.17) is 4.74 Å². The van der Waals surface area contributed by atoms with Gasteiger partial charge in [-0.25, -0.2) is 4.68 Å². The van der Waals surface area contributed by atoms with Gasteiger partial charge in [0.1, 0.15) is 23.9 Å². The number of amides is 2. The number of rotatable bonds is 9. The maximum absolute atomic E-state index is 13.8. The Morgan fingerprint density at radius 2 is 1.95 bits per heavy atom. The number of carbonyl (C=O) groups is 2. The predicted molar refractivity (Wildman–Crippen MR) is 136 cm³/mol. The fourth-order valence-corrected chi connectivity index (χ4v) is 4.87. The van der Waals surface area contributed by atoms with Crippen LogP contribution in [0.2, 0.25) is 0 Å². The molecule has 39 heavy (non-hydrogen) atoms. The summed E-state index contributed by atoms with van der Waals surface area (Å²) in [6.45, 7) is 7.55. The van der Waals surface area contributed by atoms with E-state index in [-0.39, 0.29) is 31.2 Å². The van der Waals surface area contributed by atoms with Crippen LogP contribution in [0.5, 0.6) is 5.75 Å². The Hall–Kier alpha value is -3.15. The van der Waals surface area contributed by atoms with E-state index in [0.717, 1.165) is 30.7 Å². The minimum absolute atomic E-state index is 0.00558. The molecule has 0 bridgehead atoms. The quantitative estimate of drug-likeness (QED) is 0.492. The van der Waals surface area contributed by atoms with Gasteiger partial charge in [-0.15, -0.1) is 5.10 Å². The molecule has 1 saturated carbocycles. The third-order valence-corrected chi connectivity index (χ3v) is 7.13. The second-order valence-corrected chi connectivity index (χ2v) is 11.5. The number of likely N-dealkylation sites (tertiary alicyclic amines) is 1. The molecular weight excluding hydrogens is 515 g/mol. The van der Waals surface area contributed by atoms with Gasteiger partial charge >= 0.3 is 6.18 Å². The first-order valence-electron chi connectivity index (χ1n) is 13.3. The third kappa shape index (κ3) is 6.90. The molecule has 12 heteroatoms. The van der Waals surface area contributed by atoms with Crippen molar-refractivity contribution in [3.8, 4) is 5.75 Å². The van der Waals surface area contributed by atoms with E-state index in [1.54, 1.807) is 17.8 Å². The lowest BCUT2D eigenvalue weighted by Crippen LogP contribution is -2.51. The normalized spacial score (nSPS) is 21.5. The summed E-state index contributed by atoms with van der Waals surface area (Å²) in [5.74, 6) is -0.383. The van der Waals surface area contributed by atoms with Crippen LogP contribution >= 0.6 is 0 Å². The van der Waals surface area contributed by atoms with Gasteiger partial charge in [-0.2, -0.15) is 13.2 Å². The van der Waals surface area contributed by atoms with Crippen molar-refractivity contribution >= 4 is 11.8 Å². The highest BCUT2D eigenvalue weighted by molar-refractivity contribution is 5.90. The molecule has 1 saturated heterocycles. The molecule has 2 fully saturated rings. The Balaban J connectivity index is 1.44. The zero-order valence-corrected chi connectivity index (χ0v) is 22.6. The molecule has 2 amide bonds. The number of carbonyl (C=O) groups excluding carboxylic acids is 2. The minimum atomic E-state index is -4.49. The van der Waals surface area contributed by atoms with Crippen LogP contribution in [0.15, 0.2) is 30.5 Å². The van der Waals surface area contributed by atoms with E-state index >= 15 is 0 Å². The highest BCUT2D eigenvalue weighted by Gasteiger charge is 2.45. The number of nitrogens with zero attached hydrogens (tertiary/aromatic N) is 4. The van der Waals surface area contributed by atoms with Crippen LogP contribution in [0.4, 0.5) is 13.2 Å². The fraction of sp³-hybridized carbons (Fsp3) is 0.630. The number of benzene rings is 1. The van der Waals surface area contributed by atoms with Crippen LogP contribution in [-0.4, -0.2) is 68.2 Å². The van der Waals surface area contributed by atoms with E-state index in [0.29, 0.717) is 12.3 Å². The fourth-order valence-electron chi connectivity index (χ4n) is 4.87. The van der Waals surface area contributed by atoms with Crippen molar-refractivity contribution in [3.05, 3.63) is 41.7 Å². The summed E-state index contributed by atoms with van der Waals surface area (Å²) in [4.78, 5) is 28.4. The average Bonchev–Trinajstić information content (AvgIpc) is 3.47. The number of aliphatic hydroxyl groups is 1. The molecule has 4 rings (SSSR count). The smallest absolute Gasteiger partial charge is 0.416 e. The first-order valence-corrected chi connectivity index (χ1v) is 13.3. The van der Waals surface area contributed by atoms with Crippen molar-refractivity contribution in [2.75, 3.05) is 13.1 Å². The molecule has 0 radical (unpaired) electrons. The summed E-state index contributed by atoms with van der Waals surface area (Å²) >= 11 is 0. The SMILES string of the molecule is CCC(CNC(=O)[C@@H]1C[C@@H](O)CN1C(=O)C(n1cc(C2CC2)nn1)C(C)(C)C)Oc1cccc(C(F)(F)F)c1. The number of hydrogen-bond donors (Lipinski definition) is 2. The summed E-state index contributed by atoms with van der Waals surface area (Å²) in [6.07, 6.45) is -1.57. The minimum Gasteiger partial charge on any atom is -0.489 e. The maximum atomic E-state index is 13.8. The third-order valence-electron chi connectivity index (χ3n) is 7.13. The molecule has 4 atom stereocenters. The number of β-amino-alcohol motifs (C(OH)–C–C–N with tert-alkyl or cyclic N) is 1. The monoisotopic (exact) mass is 551 g/mol. The first kappa shape index (κ1) is 28.8. The molecule has 9 nitrogen and oxygen atoms in total. The van der Waals surface area contributed by atoms with Crippen LogP contribution in [0.1, 0.15) is 76.6 Å². The summed E-state index contributed by atoms with van der Waals surface area (Å²) < 4.78 is 46.4. The lowest BCUT2D eigenvalue weighted by atomic mass is 9.85. The van der Waals surface area contributed by atoms with E-state index < -0.39 is 47.4 Å². The van der Waals surface area contributed by atoms with E-state index in [2.05, 4.69) is 15.6 Å². The number of halogens is 3. The zero-order valence-electron chi connectivity index (χ0n) is 22.6. The lowest BCUT2D eigenvalue weighted by molar-refractivity contribution is -0.144. The Kier molecular flexibility index (Phi) is 8.25. The van der Waals surface area contributed by atoms with E-state index in [9.17, 15) is 27.9 Å². The van der Waals surface area contributed by atoms with Crippen molar-refractivity contribution in [1.82, 2.24) is 25.2 Å². The van der Waals surface area contributed by atoms with Crippen molar-refractivity contribution in [1.29, 1.82) is 0 Å². The molecular formula is C27H36F3N5O4. The number of hydrogen-bond acceptors (Lipinski definition) is 6. The largest absolute Gasteiger partial charge is 0.489 e. The van der Waals surface area contributed by atoms with Crippen molar-refractivity contribution in [2.45, 2.75) is 89.8 Å². The molecule has 1 aromatic heterocycles. The van der Waals surface area contributed by atoms with Gasteiger partial charge in [0.2, 0.25) is 11.8 Å². The van der Waals surface area contributed by atoms with Crippen LogP contribution in [0, 0.1) is 5.41 Å². The number of aromatic nitrogens is 3. The molecule has 2 aliphatic rings. The molecule has 1 aromatic carbocycles. The van der Waals surface area contributed by atoms with E-state index in [1.807, 2.05) is 20.8 Å². The molecule has 2 aromatic rings. The van der Waals surface area contributed by atoms with Gasteiger partial charge in [-0.05, 0) is 42.9 Å². The zero-order chi connectivity index (χ0) is 28.5. The maximum Gasteiger partial charge on any atom is 0.416 e.